The van der Waals surface area contributed by atoms with Crippen molar-refractivity contribution in [2.75, 3.05) is 32.1 Å². The molecule has 0 spiro atoms. The predicted octanol–water partition coefficient (Wildman–Crippen LogP) is 0.416. The topological polar surface area (TPSA) is 625 Å². The molecule has 0 aliphatic carbocycles. The molecular weight excluding hydrogens is 1740 g/mol. The summed E-state index contributed by atoms with van der Waals surface area (Å²) >= 11 is 20.1. The van der Waals surface area contributed by atoms with Crippen LogP contribution >= 0.6 is 34.8 Å². The van der Waals surface area contributed by atoms with Gasteiger partial charge >= 0.3 is 5.69 Å². The fourth-order valence-corrected chi connectivity index (χ4v) is 15.6. The maximum atomic E-state index is 16.3. The molecule has 11 bridgehead atoms. The van der Waals surface area contributed by atoms with E-state index in [1.807, 2.05) is 5.48 Å². The Kier molecular flexibility index (Phi) is 29.6. The first kappa shape index (κ1) is 94.2. The number of nitrogens with zero attached hydrogens (tertiary/aromatic N) is 2. The molecule has 6 aromatic carbocycles. The van der Waals surface area contributed by atoms with E-state index in [2.05, 4.69) is 52.8 Å². The first-order valence-electron chi connectivity index (χ1n) is 39.4. The van der Waals surface area contributed by atoms with E-state index in [4.69, 9.17) is 79.5 Å². The molecule has 7 aliphatic heterocycles. The van der Waals surface area contributed by atoms with Crippen LogP contribution in [0.5, 0.6) is 46.0 Å². The minimum atomic E-state index is -2.43. The zero-order valence-corrected chi connectivity index (χ0v) is 70.1. The number of aromatic nitrogens is 2. The smallest absolute Gasteiger partial charge is 0.349 e. The van der Waals surface area contributed by atoms with E-state index in [9.17, 15) is 79.1 Å². The number of aliphatic hydroxyl groups is 6. The Morgan fingerprint density at radius 2 is 1.36 bits per heavy atom. The van der Waals surface area contributed by atoms with Crippen LogP contribution in [0.2, 0.25) is 15.1 Å². The van der Waals surface area contributed by atoms with Gasteiger partial charge in [-0.15, -0.1) is 0 Å². The number of carbonyl (C=O) groups is 10. The van der Waals surface area contributed by atoms with E-state index in [0.29, 0.717) is 5.56 Å². The number of halogens is 4. The van der Waals surface area contributed by atoms with Gasteiger partial charge < -0.3 is 134 Å². The van der Waals surface area contributed by atoms with Crippen LogP contribution in [0.4, 0.5) is 10.2 Å². The van der Waals surface area contributed by atoms with Crippen molar-refractivity contribution >= 4 is 99.7 Å². The second-order valence-corrected chi connectivity index (χ2v) is 32.4. The van der Waals surface area contributed by atoms with Crippen molar-refractivity contribution in [1.82, 2.24) is 57.6 Å². The third kappa shape index (κ3) is 21.7. The Hall–Kier alpha value is -12.0. The molecule has 8 heterocycles. The number of ether oxygens (including phenoxy) is 6. The number of nitrogens with one attached hydrogen (secondary N) is 10. The lowest BCUT2D eigenvalue weighted by atomic mass is 9.85. The number of aliphatic hydroxyl groups excluding tert-OH is 6. The van der Waals surface area contributed by atoms with Gasteiger partial charge in [-0.25, -0.2) is 14.7 Å². The molecule has 1 aromatic heterocycles. The number of hydroxylamine groups is 1. The maximum absolute atomic E-state index is 16.3. The van der Waals surface area contributed by atoms with Crippen LogP contribution in [0.15, 0.2) is 114 Å². The number of anilines is 1. The van der Waals surface area contributed by atoms with E-state index < -0.39 is 283 Å². The first-order chi connectivity index (χ1) is 60.2. The number of fused-ring (bicyclic) bond motifs is 15. The Balaban J connectivity index is 0.999. The molecule has 0 saturated carbocycles. The van der Waals surface area contributed by atoms with Crippen molar-refractivity contribution in [3.8, 4) is 57.1 Å². The molecule has 14 rings (SSSR count). The van der Waals surface area contributed by atoms with Gasteiger partial charge in [-0.05, 0) is 139 Å². The van der Waals surface area contributed by atoms with Gasteiger partial charge in [0.25, 0.3) is 5.91 Å². The highest BCUT2D eigenvalue weighted by molar-refractivity contribution is 6.32. The number of hydrogen-bond donors (Lipinski definition) is 21. The lowest BCUT2D eigenvalue weighted by molar-refractivity contribution is -0.334. The summed E-state index contributed by atoms with van der Waals surface area (Å²) in [6.07, 6.45) is -18.8. The van der Waals surface area contributed by atoms with Crippen molar-refractivity contribution in [2.24, 2.45) is 17.4 Å². The maximum Gasteiger partial charge on any atom is 0.349 e. The SMILES string of the molecule is CNC(CC(C)C)C(=O)NC1C(=O)NC(CC(N)=O)C(=O)NC2C(=O)NC3C(=O)NC(C(=O)NC(C(=O)NOCC(N)=O)c4cc(O)cc(O)c4-c4cc3ccc4O)C(O)c3ccc(c(Cl)c3)Oc3cc2cc(c3OC2OC(CO)C(O)C(O)C2OC2CC(C)(NCCn3ccc(NC(=O)Cc4ccc(Cl)c(F)c4)nc3=O)C(O)C(C)O2)Oc2ccc(cc2Cl)C1O. The highest BCUT2D eigenvalue weighted by Crippen LogP contribution is 2.50. The van der Waals surface area contributed by atoms with Crippen LogP contribution in [0.1, 0.15) is 111 Å². The van der Waals surface area contributed by atoms with Crippen LogP contribution in [0.3, 0.4) is 0 Å². The highest BCUT2D eigenvalue weighted by atomic mass is 35.5. The third-order valence-corrected chi connectivity index (χ3v) is 22.4. The molecule has 7 aromatic rings. The first-order valence-corrected chi connectivity index (χ1v) is 40.5. The van der Waals surface area contributed by atoms with E-state index in [1.54, 1.807) is 20.8 Å². The monoisotopic (exact) mass is 1830 g/mol. The number of carbonyl (C=O) groups excluding carboxylic acids is 10. The van der Waals surface area contributed by atoms with Crippen molar-refractivity contribution < 1.29 is 132 Å². The second-order valence-electron chi connectivity index (χ2n) is 31.2. The Labute approximate surface area is 735 Å². The summed E-state index contributed by atoms with van der Waals surface area (Å²) in [5.74, 6) is -18.9. The van der Waals surface area contributed by atoms with Gasteiger partial charge in [0.05, 0.1) is 52.8 Å². The van der Waals surface area contributed by atoms with Crippen molar-refractivity contribution in [2.45, 2.75) is 169 Å². The average Bonchev–Trinajstić information content (AvgIpc) is 0.762. The highest BCUT2D eigenvalue weighted by Gasteiger charge is 2.52. The predicted molar refractivity (Wildman–Crippen MR) is 441 cm³/mol. The molecule has 0 radical (unpaired) electrons. The van der Waals surface area contributed by atoms with Gasteiger partial charge in [-0.2, -0.15) is 4.98 Å². The van der Waals surface area contributed by atoms with E-state index >= 15 is 24.0 Å². The van der Waals surface area contributed by atoms with Gasteiger partial charge in [0, 0.05) is 48.4 Å². The van der Waals surface area contributed by atoms with Crippen LogP contribution in [0, 0.1) is 11.7 Å². The number of amides is 10. The van der Waals surface area contributed by atoms with Crippen molar-refractivity contribution in [1.29, 1.82) is 0 Å². The number of rotatable bonds is 23. The number of hydrogen-bond acceptors (Lipinski definition) is 30. The van der Waals surface area contributed by atoms with Crippen LogP contribution in [-0.4, -0.2) is 220 Å². The Morgan fingerprint density at radius 1 is 0.709 bits per heavy atom. The van der Waals surface area contributed by atoms with Gasteiger partial charge in [0.2, 0.25) is 65.2 Å². The van der Waals surface area contributed by atoms with Crippen LogP contribution in [-0.2, 0) is 80.0 Å². The third-order valence-electron chi connectivity index (χ3n) is 21.5. The standard InChI is InChI=1S/C82H90Cl3FN14O27/c1-32(2)18-46(89-5)73(113)97-64-66(108)36-8-12-50(43(84)22-36)123-52-24-38-25-53(70(52)127-80-71(69(111)68(110)54(30-101)125-80)126-59-29-82(4,72(112)33(3)122-59)90-15-17-100-16-14-57(93-81(100)120)92-58(107)20-34-6-10-42(83)45(86)19-34)124-51-13-9-37(23-44(51)85)67(109)65-78(118)96-63(79(119)99-121-31-56(88)106)41-26-39(102)27-49(104)60(41)40-21-35(7-11-48(40)103)61(75(115)98-65)95-76(116)62(38)94-74(114)47(28-55(87)105)91-77(64)117/h6-14,16,19,21-27,32-33,46-47,54,59,61-69,71-72,80,89-90,101-104,108-112H,15,17-18,20,28-31H2,1-5H3,(H2,87,105)(H2,88,106)(H,91,117)(H,94,114)(H,95,116)(H,96,118)(H,97,113)(H,98,115)(H,99,119)(H,92,93,107,120). The van der Waals surface area contributed by atoms with E-state index in [1.165, 1.54) is 49.0 Å². The number of likely N-dealkylation sites (N-methyl/N-ethyl adjacent to an activating group) is 1. The summed E-state index contributed by atoms with van der Waals surface area (Å²) in [6.45, 7) is 4.47. The van der Waals surface area contributed by atoms with Crippen LogP contribution in [0.25, 0.3) is 11.1 Å². The lowest BCUT2D eigenvalue weighted by Gasteiger charge is -2.48. The minimum absolute atomic E-state index is 0.0731. The molecule has 41 nitrogen and oxygen atoms in total. The molecule has 678 valence electrons. The number of phenols is 3. The minimum Gasteiger partial charge on any atom is -0.508 e. The number of nitrogens with two attached hydrogens (primary N) is 2. The molecule has 10 amide bonds. The zero-order chi connectivity index (χ0) is 92.1. The fraction of sp³-hybridized carbons (Fsp3) is 0.390. The van der Waals surface area contributed by atoms with Crippen molar-refractivity contribution in [3.63, 3.8) is 0 Å². The Bertz CT molecular complexity index is 5490. The van der Waals surface area contributed by atoms with Gasteiger partial charge in [0.1, 0.15) is 107 Å². The number of aromatic hydroxyl groups is 3. The summed E-state index contributed by atoms with van der Waals surface area (Å²) in [7, 11) is 1.46. The fourth-order valence-electron chi connectivity index (χ4n) is 15.0. The number of phenolic OH excluding ortho intramolecular Hbond substituents is 3. The summed E-state index contributed by atoms with van der Waals surface area (Å²) in [5, 5.41) is 129. The molecule has 18 unspecified atom stereocenters. The van der Waals surface area contributed by atoms with Gasteiger partial charge in [-0.3, -0.25) is 57.4 Å². The largest absolute Gasteiger partial charge is 0.508 e. The normalized spacial score (nSPS) is 25.7. The van der Waals surface area contributed by atoms with Gasteiger partial charge in [-0.1, -0.05) is 72.9 Å². The number of benzene rings is 6. The van der Waals surface area contributed by atoms with E-state index in [0.717, 1.165) is 78.9 Å². The van der Waals surface area contributed by atoms with E-state index in [-0.39, 0.29) is 60.2 Å². The second kappa shape index (κ2) is 39.9. The zero-order valence-electron chi connectivity index (χ0n) is 67.9. The molecule has 2 fully saturated rings. The molecule has 18 atom stereocenters. The summed E-state index contributed by atoms with van der Waals surface area (Å²) in [6, 6.07) is 3.83. The molecule has 7 aliphatic rings. The quantitative estimate of drug-likeness (QED) is 0.0386. The summed E-state index contributed by atoms with van der Waals surface area (Å²) in [5.41, 5.74) is 7.92. The molecule has 2 saturated heterocycles. The molecule has 127 heavy (non-hydrogen) atoms. The molecule has 45 heteroatoms. The lowest BCUT2D eigenvalue weighted by Crippen LogP contribution is -2.65. The summed E-state index contributed by atoms with van der Waals surface area (Å²) < 4.78 is 54.6. The van der Waals surface area contributed by atoms with Crippen LogP contribution < -0.4 is 84.7 Å². The summed E-state index contributed by atoms with van der Waals surface area (Å²) in [4.78, 5) is 167. The number of primary amides is 2. The molecule has 23 N–H and O–H groups in total. The van der Waals surface area contributed by atoms with Crippen molar-refractivity contribution in [3.05, 3.63) is 174 Å². The molecular formula is C82H90Cl3FN14O27. The Morgan fingerprint density at radius 3 is 1.99 bits per heavy atom. The van der Waals surface area contributed by atoms with Gasteiger partial charge in [0.15, 0.2) is 30.5 Å². The average molecular weight is 1830 g/mol.